The van der Waals surface area contributed by atoms with E-state index < -0.39 is 0 Å². The number of rotatable bonds is 3. The van der Waals surface area contributed by atoms with Crippen LogP contribution in [-0.2, 0) is 6.42 Å². The first-order valence-corrected chi connectivity index (χ1v) is 7.15. The molecule has 4 aromatic rings. The summed E-state index contributed by atoms with van der Waals surface area (Å²) >= 11 is 0. The number of aromatic nitrogens is 4. The summed E-state index contributed by atoms with van der Waals surface area (Å²) in [5, 5.41) is 0. The molecule has 0 aliphatic heterocycles. The van der Waals surface area contributed by atoms with Gasteiger partial charge in [-0.25, -0.2) is 9.78 Å². The third-order valence-electron chi connectivity index (χ3n) is 3.76. The van der Waals surface area contributed by atoms with Crippen molar-refractivity contribution < 1.29 is 0 Å². The number of nitrogens with zero attached hydrogens (tertiary/aromatic N) is 2. The normalized spacial score (nSPS) is 11.5. The minimum atomic E-state index is -0.204. The van der Waals surface area contributed by atoms with E-state index in [4.69, 9.17) is 5.73 Å². The number of fused-ring (bicyclic) bond motifs is 2. The van der Waals surface area contributed by atoms with Crippen molar-refractivity contribution in [3.8, 4) is 5.69 Å². The van der Waals surface area contributed by atoms with Crippen molar-refractivity contribution in [2.45, 2.75) is 6.42 Å². The second-order valence-corrected chi connectivity index (χ2v) is 5.20. The Balaban J connectivity index is 2.00. The van der Waals surface area contributed by atoms with E-state index in [2.05, 4.69) is 19.5 Å². The van der Waals surface area contributed by atoms with Gasteiger partial charge in [-0.3, -0.25) is 4.57 Å². The molecule has 4 rings (SSSR count). The second kappa shape index (κ2) is 4.85. The van der Waals surface area contributed by atoms with Gasteiger partial charge in [0.15, 0.2) is 0 Å². The molecule has 0 saturated heterocycles. The summed E-state index contributed by atoms with van der Waals surface area (Å²) in [6.45, 7) is 0.534. The minimum absolute atomic E-state index is 0.204. The van der Waals surface area contributed by atoms with Crippen molar-refractivity contribution in [3.05, 3.63) is 58.8 Å². The largest absolute Gasteiger partial charge is 0.330 e. The Morgan fingerprint density at radius 3 is 2.77 bits per heavy atom. The summed E-state index contributed by atoms with van der Waals surface area (Å²) in [6.07, 6.45) is 0.691. The molecular weight excluding hydrogens is 278 g/mol. The average molecular weight is 293 g/mol. The molecule has 0 radical (unpaired) electrons. The fourth-order valence-electron chi connectivity index (χ4n) is 2.82. The number of aromatic amines is 2. The van der Waals surface area contributed by atoms with Gasteiger partial charge in [0, 0.05) is 12.1 Å². The van der Waals surface area contributed by atoms with Crippen molar-refractivity contribution in [1.82, 2.24) is 19.5 Å². The molecule has 6 heteroatoms. The first kappa shape index (κ1) is 12.8. The molecule has 4 N–H and O–H groups in total. The highest BCUT2D eigenvalue weighted by atomic mass is 16.1. The van der Waals surface area contributed by atoms with Crippen LogP contribution in [0.3, 0.4) is 0 Å². The van der Waals surface area contributed by atoms with Crippen LogP contribution in [0.15, 0.2) is 47.3 Å². The summed E-state index contributed by atoms with van der Waals surface area (Å²) in [5.74, 6) is 0.918. The average Bonchev–Trinajstić information content (AvgIpc) is 3.05. The molecular formula is C16H15N5O. The lowest BCUT2D eigenvalue weighted by Gasteiger charge is -2.09. The molecule has 2 heterocycles. The maximum absolute atomic E-state index is 11.4. The molecule has 6 nitrogen and oxygen atoms in total. The first-order chi connectivity index (χ1) is 10.8. The van der Waals surface area contributed by atoms with Crippen molar-refractivity contribution in [1.29, 1.82) is 0 Å². The van der Waals surface area contributed by atoms with Gasteiger partial charge in [-0.05, 0) is 36.9 Å². The lowest BCUT2D eigenvalue weighted by atomic mass is 10.2. The predicted molar refractivity (Wildman–Crippen MR) is 86.3 cm³/mol. The molecule has 0 fully saturated rings. The Labute approximate surface area is 125 Å². The van der Waals surface area contributed by atoms with Gasteiger partial charge in [0.1, 0.15) is 5.82 Å². The molecule has 0 spiro atoms. The predicted octanol–water partition coefficient (Wildman–Crippen LogP) is 1.70. The Morgan fingerprint density at radius 2 is 1.91 bits per heavy atom. The molecule has 0 atom stereocenters. The monoisotopic (exact) mass is 293 g/mol. The molecule has 0 aliphatic rings. The van der Waals surface area contributed by atoms with Crippen LogP contribution in [0.25, 0.3) is 27.8 Å². The number of H-pyrrole nitrogens is 2. The van der Waals surface area contributed by atoms with Crippen LogP contribution in [0.4, 0.5) is 0 Å². The Hall–Kier alpha value is -2.86. The van der Waals surface area contributed by atoms with E-state index in [-0.39, 0.29) is 5.69 Å². The van der Waals surface area contributed by atoms with E-state index >= 15 is 0 Å². The van der Waals surface area contributed by atoms with Crippen molar-refractivity contribution in [3.63, 3.8) is 0 Å². The molecule has 0 amide bonds. The fraction of sp³-hybridized carbons (Fsp3) is 0.125. The maximum Gasteiger partial charge on any atom is 0.323 e. The highest BCUT2D eigenvalue weighted by Gasteiger charge is 2.12. The SMILES string of the molecule is NCCc1nc2ccccc2n1-c1ccc2[nH]c(=O)[nH]c2c1. The second-order valence-electron chi connectivity index (χ2n) is 5.20. The maximum atomic E-state index is 11.4. The Bertz CT molecular complexity index is 1020. The van der Waals surface area contributed by atoms with Gasteiger partial charge in [0.2, 0.25) is 0 Å². The van der Waals surface area contributed by atoms with Gasteiger partial charge in [0.05, 0.1) is 22.1 Å². The van der Waals surface area contributed by atoms with Crippen LogP contribution in [0.1, 0.15) is 5.82 Å². The molecule has 0 saturated carbocycles. The first-order valence-electron chi connectivity index (χ1n) is 7.15. The zero-order chi connectivity index (χ0) is 15.1. The third kappa shape index (κ3) is 1.93. The number of hydrogen-bond acceptors (Lipinski definition) is 3. The molecule has 0 bridgehead atoms. The van der Waals surface area contributed by atoms with Gasteiger partial charge < -0.3 is 15.7 Å². The van der Waals surface area contributed by atoms with Crippen LogP contribution in [0, 0.1) is 0 Å². The highest BCUT2D eigenvalue weighted by Crippen LogP contribution is 2.23. The standard InChI is InChI=1S/C16H15N5O/c17-8-7-15-18-12-3-1-2-4-14(12)21(15)10-5-6-11-13(9-10)20-16(22)19-11/h1-6,9H,7-8,17H2,(H2,19,20,22). The van der Waals surface area contributed by atoms with E-state index in [9.17, 15) is 4.79 Å². The number of nitrogens with two attached hydrogens (primary N) is 1. The summed E-state index contributed by atoms with van der Waals surface area (Å²) in [7, 11) is 0. The number of nitrogens with one attached hydrogen (secondary N) is 2. The smallest absolute Gasteiger partial charge is 0.323 e. The van der Waals surface area contributed by atoms with E-state index in [1.54, 1.807) is 0 Å². The van der Waals surface area contributed by atoms with E-state index in [1.807, 2.05) is 42.5 Å². The van der Waals surface area contributed by atoms with Gasteiger partial charge >= 0.3 is 5.69 Å². The van der Waals surface area contributed by atoms with Crippen LogP contribution in [0.2, 0.25) is 0 Å². The van der Waals surface area contributed by atoms with Crippen LogP contribution < -0.4 is 11.4 Å². The molecule has 110 valence electrons. The van der Waals surface area contributed by atoms with Gasteiger partial charge in [-0.1, -0.05) is 12.1 Å². The lowest BCUT2D eigenvalue weighted by molar-refractivity contribution is 0.848. The van der Waals surface area contributed by atoms with Crippen LogP contribution >= 0.6 is 0 Å². The zero-order valence-electron chi connectivity index (χ0n) is 11.8. The quantitative estimate of drug-likeness (QED) is 0.536. The number of benzene rings is 2. The van der Waals surface area contributed by atoms with E-state index in [0.29, 0.717) is 13.0 Å². The summed E-state index contributed by atoms with van der Waals surface area (Å²) < 4.78 is 2.09. The fourth-order valence-corrected chi connectivity index (χ4v) is 2.82. The summed E-state index contributed by atoms with van der Waals surface area (Å²) in [5.41, 5.74) is 10.0. The molecule has 0 aliphatic carbocycles. The summed E-state index contributed by atoms with van der Waals surface area (Å²) in [6, 6.07) is 13.8. The Kier molecular flexibility index (Phi) is 2.83. The van der Waals surface area contributed by atoms with Crippen LogP contribution in [0.5, 0.6) is 0 Å². The van der Waals surface area contributed by atoms with Gasteiger partial charge in [-0.2, -0.15) is 0 Å². The highest BCUT2D eigenvalue weighted by molar-refractivity contribution is 5.81. The lowest BCUT2D eigenvalue weighted by Crippen LogP contribution is -2.09. The van der Waals surface area contributed by atoms with E-state index in [0.717, 1.165) is 33.6 Å². The number of hydrogen-bond donors (Lipinski definition) is 3. The van der Waals surface area contributed by atoms with Crippen LogP contribution in [-0.4, -0.2) is 26.1 Å². The Morgan fingerprint density at radius 1 is 1.09 bits per heavy atom. The van der Waals surface area contributed by atoms with Gasteiger partial charge in [-0.15, -0.1) is 0 Å². The number of imidazole rings is 2. The van der Waals surface area contributed by atoms with Crippen molar-refractivity contribution >= 4 is 22.1 Å². The zero-order valence-corrected chi connectivity index (χ0v) is 11.8. The van der Waals surface area contributed by atoms with E-state index in [1.165, 1.54) is 0 Å². The molecule has 22 heavy (non-hydrogen) atoms. The van der Waals surface area contributed by atoms with Gasteiger partial charge in [0.25, 0.3) is 0 Å². The third-order valence-corrected chi connectivity index (χ3v) is 3.76. The summed E-state index contributed by atoms with van der Waals surface area (Å²) in [4.78, 5) is 21.6. The molecule has 2 aromatic heterocycles. The van der Waals surface area contributed by atoms with Crippen molar-refractivity contribution in [2.24, 2.45) is 5.73 Å². The topological polar surface area (TPSA) is 92.5 Å². The molecule has 2 aromatic carbocycles. The molecule has 0 unspecified atom stereocenters. The van der Waals surface area contributed by atoms with Crippen molar-refractivity contribution in [2.75, 3.05) is 6.54 Å². The number of para-hydroxylation sites is 2. The minimum Gasteiger partial charge on any atom is -0.330 e.